The van der Waals surface area contributed by atoms with Crippen LogP contribution in [0.15, 0.2) is 12.1 Å². The first-order valence-corrected chi connectivity index (χ1v) is 5.62. The van der Waals surface area contributed by atoms with Crippen molar-refractivity contribution >= 4 is 11.3 Å². The van der Waals surface area contributed by atoms with Gasteiger partial charge < -0.3 is 5.73 Å². The molecular formula is C11H19NS. The Labute approximate surface area is 85.0 Å². The van der Waals surface area contributed by atoms with Crippen LogP contribution in [0.2, 0.25) is 0 Å². The molecule has 0 radical (unpaired) electrons. The van der Waals surface area contributed by atoms with Gasteiger partial charge in [-0.05, 0) is 24.0 Å². The van der Waals surface area contributed by atoms with E-state index in [4.69, 9.17) is 5.73 Å². The second kappa shape index (κ2) is 3.81. The van der Waals surface area contributed by atoms with Crippen molar-refractivity contribution in [3.8, 4) is 0 Å². The van der Waals surface area contributed by atoms with E-state index < -0.39 is 0 Å². The molecule has 1 nitrogen and oxygen atoms in total. The van der Waals surface area contributed by atoms with Crippen LogP contribution in [0, 0.1) is 0 Å². The van der Waals surface area contributed by atoms with Crippen LogP contribution in [0.4, 0.5) is 0 Å². The first-order chi connectivity index (χ1) is 5.95. The van der Waals surface area contributed by atoms with Crippen molar-refractivity contribution in [3.05, 3.63) is 21.9 Å². The van der Waals surface area contributed by atoms with Crippen LogP contribution >= 0.6 is 11.3 Å². The van der Waals surface area contributed by atoms with E-state index in [0.717, 1.165) is 6.42 Å². The Hall–Kier alpha value is -0.340. The Bertz CT molecular complexity index is 270. The summed E-state index contributed by atoms with van der Waals surface area (Å²) in [5.41, 5.74) is 6.22. The molecule has 1 rings (SSSR count). The zero-order chi connectivity index (χ0) is 10.1. The molecule has 0 unspecified atom stereocenters. The van der Waals surface area contributed by atoms with Crippen LogP contribution < -0.4 is 5.73 Å². The van der Waals surface area contributed by atoms with E-state index in [9.17, 15) is 0 Å². The third-order valence-corrected chi connectivity index (χ3v) is 3.81. The Kier molecular flexibility index (Phi) is 3.14. The maximum absolute atomic E-state index is 5.96. The first kappa shape index (κ1) is 10.7. The molecule has 74 valence electrons. The fourth-order valence-electron chi connectivity index (χ4n) is 1.16. The zero-order valence-corrected chi connectivity index (χ0v) is 9.74. The van der Waals surface area contributed by atoms with Crippen LogP contribution in [0.5, 0.6) is 0 Å². The lowest BCUT2D eigenvalue weighted by molar-refractivity contribution is 0.604. The summed E-state index contributed by atoms with van der Waals surface area (Å²) in [6.07, 6.45) is 1.02. The summed E-state index contributed by atoms with van der Waals surface area (Å²) < 4.78 is 0. The topological polar surface area (TPSA) is 26.0 Å². The summed E-state index contributed by atoms with van der Waals surface area (Å²) in [6.45, 7) is 8.83. The molecular weight excluding hydrogens is 178 g/mol. The number of hydrogen-bond acceptors (Lipinski definition) is 2. The lowest BCUT2D eigenvalue weighted by atomic mass is 9.95. The van der Waals surface area contributed by atoms with Gasteiger partial charge >= 0.3 is 0 Å². The van der Waals surface area contributed by atoms with Gasteiger partial charge in [0.15, 0.2) is 0 Å². The highest BCUT2D eigenvalue weighted by molar-refractivity contribution is 7.12. The molecule has 0 bridgehead atoms. The van der Waals surface area contributed by atoms with Crippen LogP contribution in [0.1, 0.15) is 49.9 Å². The Morgan fingerprint density at radius 2 is 2.00 bits per heavy atom. The third kappa shape index (κ3) is 2.55. The highest BCUT2D eigenvalue weighted by Gasteiger charge is 2.17. The van der Waals surface area contributed by atoms with Crippen LogP contribution in [0.3, 0.4) is 0 Å². The molecule has 0 saturated carbocycles. The van der Waals surface area contributed by atoms with Crippen molar-refractivity contribution in [2.24, 2.45) is 5.73 Å². The molecule has 2 N–H and O–H groups in total. The average Bonchev–Trinajstić information content (AvgIpc) is 2.50. The van der Waals surface area contributed by atoms with Crippen molar-refractivity contribution in [1.29, 1.82) is 0 Å². The minimum absolute atomic E-state index is 0.223. The zero-order valence-electron chi connectivity index (χ0n) is 8.92. The van der Waals surface area contributed by atoms with Crippen molar-refractivity contribution < 1.29 is 0 Å². The summed E-state index contributed by atoms with van der Waals surface area (Å²) >= 11 is 1.85. The van der Waals surface area contributed by atoms with Crippen molar-refractivity contribution in [2.75, 3.05) is 0 Å². The van der Waals surface area contributed by atoms with E-state index in [1.807, 2.05) is 11.3 Å². The molecule has 0 spiro atoms. The van der Waals surface area contributed by atoms with E-state index in [0.29, 0.717) is 0 Å². The lowest BCUT2D eigenvalue weighted by Crippen LogP contribution is -2.08. The van der Waals surface area contributed by atoms with Gasteiger partial charge in [-0.2, -0.15) is 0 Å². The highest BCUT2D eigenvalue weighted by atomic mass is 32.1. The van der Waals surface area contributed by atoms with Gasteiger partial charge in [-0.25, -0.2) is 0 Å². The van der Waals surface area contributed by atoms with Gasteiger partial charge in [-0.1, -0.05) is 27.7 Å². The van der Waals surface area contributed by atoms with Crippen LogP contribution in [-0.4, -0.2) is 0 Å². The predicted octanol–water partition coefficient (Wildman–Crippen LogP) is 3.46. The summed E-state index contributed by atoms with van der Waals surface area (Å²) in [6, 6.07) is 4.59. The van der Waals surface area contributed by atoms with Crippen molar-refractivity contribution in [2.45, 2.75) is 45.6 Å². The third-order valence-electron chi connectivity index (χ3n) is 2.17. The van der Waals surface area contributed by atoms with E-state index in [2.05, 4.69) is 39.8 Å². The molecule has 0 fully saturated rings. The molecule has 0 aliphatic heterocycles. The molecule has 0 saturated heterocycles. The summed E-state index contributed by atoms with van der Waals surface area (Å²) in [5, 5.41) is 0. The second-order valence-electron chi connectivity index (χ2n) is 4.47. The monoisotopic (exact) mass is 197 g/mol. The van der Waals surface area contributed by atoms with E-state index in [1.54, 1.807) is 0 Å². The van der Waals surface area contributed by atoms with Gasteiger partial charge in [0.05, 0.1) is 0 Å². The molecule has 0 aliphatic rings. The molecule has 0 amide bonds. The van der Waals surface area contributed by atoms with Crippen LogP contribution in [-0.2, 0) is 5.41 Å². The van der Waals surface area contributed by atoms with Gasteiger partial charge in [0.25, 0.3) is 0 Å². The number of thiophene rings is 1. The Morgan fingerprint density at radius 1 is 1.38 bits per heavy atom. The summed E-state index contributed by atoms with van der Waals surface area (Å²) in [5.74, 6) is 0. The maximum atomic E-state index is 5.96. The lowest BCUT2D eigenvalue weighted by Gasteiger charge is -2.15. The summed E-state index contributed by atoms with van der Waals surface area (Å²) in [7, 11) is 0. The highest BCUT2D eigenvalue weighted by Crippen LogP contribution is 2.32. The minimum Gasteiger partial charge on any atom is -0.323 e. The van der Waals surface area contributed by atoms with Crippen molar-refractivity contribution in [3.63, 3.8) is 0 Å². The number of hydrogen-bond donors (Lipinski definition) is 1. The van der Waals surface area contributed by atoms with E-state index in [1.165, 1.54) is 9.75 Å². The first-order valence-electron chi connectivity index (χ1n) is 4.81. The maximum Gasteiger partial charge on any atom is 0.0387 e. The van der Waals surface area contributed by atoms with Gasteiger partial charge in [0, 0.05) is 15.8 Å². The smallest absolute Gasteiger partial charge is 0.0387 e. The molecule has 2 heteroatoms. The standard InChI is InChI=1S/C11H19NS/c1-5-8(12)9-6-7-10(13-9)11(2,3)4/h6-8H,5,12H2,1-4H3/t8-/m1/s1. The number of rotatable bonds is 2. The largest absolute Gasteiger partial charge is 0.323 e. The minimum atomic E-state index is 0.223. The fraction of sp³-hybridized carbons (Fsp3) is 0.636. The quantitative estimate of drug-likeness (QED) is 0.772. The summed E-state index contributed by atoms with van der Waals surface area (Å²) in [4.78, 5) is 2.74. The average molecular weight is 197 g/mol. The molecule has 13 heavy (non-hydrogen) atoms. The van der Waals surface area contributed by atoms with Gasteiger partial charge in [0.1, 0.15) is 0 Å². The van der Waals surface area contributed by atoms with Crippen molar-refractivity contribution in [1.82, 2.24) is 0 Å². The predicted molar refractivity (Wildman–Crippen MR) is 60.2 cm³/mol. The normalized spacial score (nSPS) is 14.5. The Balaban J connectivity index is 2.87. The Morgan fingerprint density at radius 3 is 2.38 bits per heavy atom. The van der Waals surface area contributed by atoms with E-state index in [-0.39, 0.29) is 11.5 Å². The molecule has 1 aromatic rings. The molecule has 1 aromatic heterocycles. The van der Waals surface area contributed by atoms with Gasteiger partial charge in [-0.3, -0.25) is 0 Å². The molecule has 0 aliphatic carbocycles. The SMILES string of the molecule is CC[C@@H](N)c1ccc(C(C)(C)C)s1. The molecule has 1 atom stereocenters. The fourth-order valence-corrected chi connectivity index (χ4v) is 2.31. The molecule has 1 heterocycles. The second-order valence-corrected chi connectivity index (χ2v) is 5.58. The van der Waals surface area contributed by atoms with Crippen LogP contribution in [0.25, 0.3) is 0 Å². The van der Waals surface area contributed by atoms with E-state index >= 15 is 0 Å². The molecule has 0 aromatic carbocycles. The van der Waals surface area contributed by atoms with Gasteiger partial charge in [-0.15, -0.1) is 11.3 Å². The van der Waals surface area contributed by atoms with Gasteiger partial charge in [0.2, 0.25) is 0 Å². The number of nitrogens with two attached hydrogens (primary N) is 1.